The Labute approximate surface area is 121 Å². The van der Waals surface area contributed by atoms with Gasteiger partial charge in [-0.2, -0.15) is 0 Å². The Hall–Kier alpha value is -1.66. The van der Waals surface area contributed by atoms with Gasteiger partial charge in [0.1, 0.15) is 5.76 Å². The van der Waals surface area contributed by atoms with E-state index in [1.54, 1.807) is 18.3 Å². The van der Waals surface area contributed by atoms with Gasteiger partial charge in [-0.05, 0) is 32.9 Å². The van der Waals surface area contributed by atoms with E-state index >= 15 is 0 Å². The van der Waals surface area contributed by atoms with Gasteiger partial charge in [-0.3, -0.25) is 4.79 Å². The van der Waals surface area contributed by atoms with Crippen LogP contribution in [-0.4, -0.2) is 17.7 Å². The molecule has 0 fully saturated rings. The molecule has 0 aliphatic rings. The smallest absolute Gasteiger partial charge is 0.307 e. The van der Waals surface area contributed by atoms with Gasteiger partial charge in [-0.15, -0.1) is 11.3 Å². The lowest BCUT2D eigenvalue weighted by atomic mass is 10.1. The van der Waals surface area contributed by atoms with E-state index in [-0.39, 0.29) is 18.4 Å². The normalized spacial score (nSPS) is 12.4. The summed E-state index contributed by atoms with van der Waals surface area (Å²) in [7, 11) is 0. The SMILES string of the molecule is CCOC(=O)CC(N)c1ccc(-c2c(C)noc2C)s1. The summed E-state index contributed by atoms with van der Waals surface area (Å²) in [5, 5.41) is 3.95. The van der Waals surface area contributed by atoms with Crippen LogP contribution in [0.5, 0.6) is 0 Å². The summed E-state index contributed by atoms with van der Waals surface area (Å²) in [6, 6.07) is 3.58. The molecular weight excluding hydrogens is 276 g/mol. The topological polar surface area (TPSA) is 78.4 Å². The van der Waals surface area contributed by atoms with E-state index in [2.05, 4.69) is 5.16 Å². The monoisotopic (exact) mass is 294 g/mol. The highest BCUT2D eigenvalue weighted by molar-refractivity contribution is 7.15. The summed E-state index contributed by atoms with van der Waals surface area (Å²) < 4.78 is 10.1. The molecule has 0 bridgehead atoms. The summed E-state index contributed by atoms with van der Waals surface area (Å²) in [5.41, 5.74) is 7.90. The lowest BCUT2D eigenvalue weighted by Gasteiger charge is -2.08. The zero-order valence-corrected chi connectivity index (χ0v) is 12.6. The molecule has 0 radical (unpaired) electrons. The van der Waals surface area contributed by atoms with Crippen molar-refractivity contribution >= 4 is 17.3 Å². The highest BCUT2D eigenvalue weighted by Gasteiger charge is 2.18. The number of esters is 1. The van der Waals surface area contributed by atoms with Crippen molar-refractivity contribution < 1.29 is 14.1 Å². The number of hydrogen-bond acceptors (Lipinski definition) is 6. The Morgan fingerprint density at radius 3 is 2.85 bits per heavy atom. The minimum atomic E-state index is -0.340. The molecule has 0 saturated heterocycles. The van der Waals surface area contributed by atoms with Crippen LogP contribution in [0.25, 0.3) is 10.4 Å². The summed E-state index contributed by atoms with van der Waals surface area (Å²) in [6.45, 7) is 5.95. The lowest BCUT2D eigenvalue weighted by molar-refractivity contribution is -0.143. The first-order chi connectivity index (χ1) is 9.52. The zero-order chi connectivity index (χ0) is 14.7. The van der Waals surface area contributed by atoms with Crippen LogP contribution in [0, 0.1) is 13.8 Å². The molecular formula is C14H18N2O3S. The van der Waals surface area contributed by atoms with Crippen LogP contribution in [0.3, 0.4) is 0 Å². The first-order valence-electron chi connectivity index (χ1n) is 6.47. The van der Waals surface area contributed by atoms with E-state index in [9.17, 15) is 4.79 Å². The average molecular weight is 294 g/mol. The van der Waals surface area contributed by atoms with E-state index < -0.39 is 0 Å². The predicted molar refractivity (Wildman–Crippen MR) is 77.5 cm³/mol. The van der Waals surface area contributed by atoms with Crippen molar-refractivity contribution in [3.63, 3.8) is 0 Å². The van der Waals surface area contributed by atoms with Crippen LogP contribution < -0.4 is 5.73 Å². The third-order valence-electron chi connectivity index (χ3n) is 2.96. The van der Waals surface area contributed by atoms with Gasteiger partial charge in [0.2, 0.25) is 0 Å². The van der Waals surface area contributed by atoms with Gasteiger partial charge >= 0.3 is 5.97 Å². The first-order valence-corrected chi connectivity index (χ1v) is 7.28. The van der Waals surface area contributed by atoms with Crippen LogP contribution in [0.1, 0.15) is 35.7 Å². The zero-order valence-electron chi connectivity index (χ0n) is 11.8. The van der Waals surface area contributed by atoms with Gasteiger partial charge in [0.25, 0.3) is 0 Å². The van der Waals surface area contributed by atoms with Crippen LogP contribution in [-0.2, 0) is 9.53 Å². The Bertz CT molecular complexity index is 584. The molecule has 6 heteroatoms. The highest BCUT2D eigenvalue weighted by atomic mass is 32.1. The lowest BCUT2D eigenvalue weighted by Crippen LogP contribution is -2.16. The summed E-state index contributed by atoms with van der Waals surface area (Å²) in [6.07, 6.45) is 0.190. The summed E-state index contributed by atoms with van der Waals surface area (Å²) >= 11 is 1.55. The Balaban J connectivity index is 2.15. The first kappa shape index (κ1) is 14.7. The number of aryl methyl sites for hydroxylation is 2. The molecule has 0 aliphatic heterocycles. The van der Waals surface area contributed by atoms with E-state index in [0.717, 1.165) is 26.8 Å². The van der Waals surface area contributed by atoms with E-state index in [4.69, 9.17) is 15.0 Å². The molecule has 0 aromatic carbocycles. The minimum absolute atomic E-state index is 0.190. The molecule has 1 unspecified atom stereocenters. The Morgan fingerprint density at radius 2 is 2.25 bits per heavy atom. The fourth-order valence-corrected chi connectivity index (χ4v) is 3.18. The third-order valence-corrected chi connectivity index (χ3v) is 4.20. The van der Waals surface area contributed by atoms with E-state index in [1.807, 2.05) is 26.0 Å². The van der Waals surface area contributed by atoms with Crippen LogP contribution in [0.4, 0.5) is 0 Å². The second-order valence-corrected chi connectivity index (χ2v) is 5.63. The van der Waals surface area contributed by atoms with Gasteiger partial charge in [-0.1, -0.05) is 5.16 Å². The van der Waals surface area contributed by atoms with Gasteiger partial charge in [-0.25, -0.2) is 0 Å². The van der Waals surface area contributed by atoms with Crippen LogP contribution in [0.2, 0.25) is 0 Å². The molecule has 2 rings (SSSR count). The van der Waals surface area contributed by atoms with Gasteiger partial charge in [0.15, 0.2) is 0 Å². The molecule has 0 spiro atoms. The number of thiophene rings is 1. The standard InChI is InChI=1S/C14H18N2O3S/c1-4-18-13(17)7-10(15)11-5-6-12(20-11)14-8(2)16-19-9(14)3/h5-6,10H,4,7,15H2,1-3H3. The number of hydrogen-bond donors (Lipinski definition) is 1. The summed E-state index contributed by atoms with van der Waals surface area (Å²) in [4.78, 5) is 13.5. The quantitative estimate of drug-likeness (QED) is 0.858. The number of carbonyl (C=O) groups is 1. The van der Waals surface area contributed by atoms with Crippen molar-refractivity contribution in [1.29, 1.82) is 0 Å². The molecule has 0 saturated carbocycles. The number of rotatable bonds is 5. The molecule has 1 atom stereocenters. The maximum atomic E-state index is 11.4. The molecule has 2 N–H and O–H groups in total. The van der Waals surface area contributed by atoms with Gasteiger partial charge in [0, 0.05) is 15.8 Å². The molecule has 0 amide bonds. The highest BCUT2D eigenvalue weighted by Crippen LogP contribution is 2.35. The second kappa shape index (κ2) is 6.19. The largest absolute Gasteiger partial charge is 0.466 e. The maximum absolute atomic E-state index is 11.4. The van der Waals surface area contributed by atoms with Crippen molar-refractivity contribution in [2.24, 2.45) is 5.73 Å². The molecule has 2 heterocycles. The molecule has 5 nitrogen and oxygen atoms in total. The molecule has 0 aliphatic carbocycles. The fraction of sp³-hybridized carbons (Fsp3) is 0.429. The minimum Gasteiger partial charge on any atom is -0.466 e. The average Bonchev–Trinajstić information content (AvgIpc) is 2.97. The maximum Gasteiger partial charge on any atom is 0.307 e. The van der Waals surface area contributed by atoms with E-state index in [1.165, 1.54) is 0 Å². The van der Waals surface area contributed by atoms with Crippen molar-refractivity contribution in [1.82, 2.24) is 5.16 Å². The number of nitrogens with zero attached hydrogens (tertiary/aromatic N) is 1. The number of aromatic nitrogens is 1. The number of ether oxygens (including phenoxy) is 1. The predicted octanol–water partition coefficient (Wildman–Crippen LogP) is 2.97. The van der Waals surface area contributed by atoms with Gasteiger partial charge in [0.05, 0.1) is 24.3 Å². The van der Waals surface area contributed by atoms with E-state index in [0.29, 0.717) is 6.61 Å². The molecule has 2 aromatic heterocycles. The van der Waals surface area contributed by atoms with Crippen molar-refractivity contribution in [3.8, 4) is 10.4 Å². The second-order valence-electron chi connectivity index (χ2n) is 4.52. The molecule has 20 heavy (non-hydrogen) atoms. The van der Waals surface area contributed by atoms with Crippen LogP contribution in [0.15, 0.2) is 16.7 Å². The fourth-order valence-electron chi connectivity index (χ4n) is 2.02. The van der Waals surface area contributed by atoms with Crippen molar-refractivity contribution in [2.45, 2.75) is 33.2 Å². The molecule has 108 valence electrons. The van der Waals surface area contributed by atoms with Gasteiger partial charge < -0.3 is 15.0 Å². The molecule has 2 aromatic rings. The Morgan fingerprint density at radius 1 is 1.50 bits per heavy atom. The van der Waals surface area contributed by atoms with Crippen LogP contribution >= 0.6 is 11.3 Å². The number of nitrogens with two attached hydrogens (primary N) is 1. The third kappa shape index (κ3) is 3.08. The van der Waals surface area contributed by atoms with Crippen molar-refractivity contribution in [2.75, 3.05) is 6.61 Å². The Kier molecular flexibility index (Phi) is 4.57. The van der Waals surface area contributed by atoms with Crippen molar-refractivity contribution in [3.05, 3.63) is 28.5 Å². The number of carbonyl (C=O) groups excluding carboxylic acids is 1. The summed E-state index contributed by atoms with van der Waals surface area (Å²) in [5.74, 6) is 0.516.